The molecule has 19 heteroatoms. The Kier molecular flexibility index (Phi) is 19.4. The molecule has 78 heavy (non-hydrogen) atoms. The Hall–Kier alpha value is -7.52. The number of nitro groups is 1. The number of nitro benzene ring substituents is 1. The average molecular weight is 1080 g/mol. The van der Waals surface area contributed by atoms with Gasteiger partial charge in [0, 0.05) is 60.7 Å². The predicted molar refractivity (Wildman–Crippen MR) is 300 cm³/mol. The lowest BCUT2D eigenvalue weighted by atomic mass is 9.80. The molecule has 0 spiro atoms. The van der Waals surface area contributed by atoms with Crippen molar-refractivity contribution in [3.8, 4) is 34.8 Å². The summed E-state index contributed by atoms with van der Waals surface area (Å²) >= 11 is 0. The number of benzene rings is 6. The number of nitrogens with zero attached hydrogens (tertiary/aromatic N) is 8. The lowest BCUT2D eigenvalue weighted by Crippen LogP contribution is -2.40. The Morgan fingerprint density at radius 2 is 1.27 bits per heavy atom. The van der Waals surface area contributed by atoms with Crippen molar-refractivity contribution in [2.75, 3.05) is 66.2 Å². The van der Waals surface area contributed by atoms with Gasteiger partial charge >= 0.3 is 0 Å². The zero-order valence-corrected chi connectivity index (χ0v) is 46.4. The molecule has 2 aliphatic heterocycles. The molecule has 0 bridgehead atoms. The van der Waals surface area contributed by atoms with Crippen LogP contribution >= 0.6 is 8.53 Å². The maximum atomic E-state index is 11.2. The van der Waals surface area contributed by atoms with E-state index in [-0.39, 0.29) is 44.0 Å². The lowest BCUT2D eigenvalue weighted by molar-refractivity contribution is -0.384. The summed E-state index contributed by atoms with van der Waals surface area (Å²) in [5, 5.41) is 39.3. The molecule has 2 heterocycles. The highest BCUT2D eigenvalue weighted by molar-refractivity contribution is 7.44. The van der Waals surface area contributed by atoms with Crippen molar-refractivity contribution in [2.45, 2.75) is 83.6 Å². The van der Waals surface area contributed by atoms with Crippen molar-refractivity contribution >= 4 is 42.7 Å². The van der Waals surface area contributed by atoms with Gasteiger partial charge in [-0.2, -0.15) is 10.4 Å². The fourth-order valence-electron chi connectivity index (χ4n) is 9.93. The van der Waals surface area contributed by atoms with Crippen LogP contribution in [0, 0.1) is 21.4 Å². The minimum Gasteiger partial charge on any atom is -0.497 e. The van der Waals surface area contributed by atoms with E-state index in [0.717, 1.165) is 61.0 Å². The second-order valence-corrected chi connectivity index (χ2v) is 20.6. The molecule has 0 saturated heterocycles. The van der Waals surface area contributed by atoms with E-state index < -0.39 is 25.2 Å². The first-order valence-electron chi connectivity index (χ1n) is 26.0. The first-order chi connectivity index (χ1) is 37.9. The molecular formula is C59H67N8O10P. The first-order valence-corrected chi connectivity index (χ1v) is 27.2. The molecule has 0 aromatic heterocycles. The fraction of sp³-hybridized carbons (Fsp3) is 0.373. The molecule has 8 rings (SSSR count). The van der Waals surface area contributed by atoms with Crippen LogP contribution in [0.2, 0.25) is 0 Å². The summed E-state index contributed by atoms with van der Waals surface area (Å²) in [7, 11) is 4.56. The third-order valence-corrected chi connectivity index (χ3v) is 15.7. The molecule has 2 unspecified atom stereocenters. The van der Waals surface area contributed by atoms with E-state index in [1.54, 1.807) is 26.4 Å². The van der Waals surface area contributed by atoms with E-state index in [2.05, 4.69) is 71.8 Å². The maximum absolute atomic E-state index is 11.2. The van der Waals surface area contributed by atoms with Crippen molar-refractivity contribution in [1.82, 2.24) is 4.67 Å². The molecule has 6 aromatic carbocycles. The maximum Gasteiger partial charge on any atom is 0.269 e. The Morgan fingerprint density at radius 1 is 0.705 bits per heavy atom. The smallest absolute Gasteiger partial charge is 0.269 e. The highest BCUT2D eigenvalue weighted by Gasteiger charge is 2.40. The van der Waals surface area contributed by atoms with Crippen LogP contribution in [-0.2, 0) is 32.2 Å². The minimum atomic E-state index is -1.78. The quantitative estimate of drug-likeness (QED) is 0.0124. The van der Waals surface area contributed by atoms with Gasteiger partial charge in [-0.1, -0.05) is 54.6 Å². The highest BCUT2D eigenvalue weighted by atomic mass is 31.2. The highest BCUT2D eigenvalue weighted by Crippen LogP contribution is 2.51. The molecule has 2 aliphatic rings. The van der Waals surface area contributed by atoms with Crippen molar-refractivity contribution in [3.63, 3.8) is 0 Å². The fourth-order valence-corrected chi connectivity index (χ4v) is 11.6. The van der Waals surface area contributed by atoms with Gasteiger partial charge in [0.25, 0.3) is 14.2 Å². The van der Waals surface area contributed by atoms with Crippen molar-refractivity contribution in [3.05, 3.63) is 159 Å². The summed E-state index contributed by atoms with van der Waals surface area (Å²) in [6.45, 7) is 10.5. The third kappa shape index (κ3) is 13.1. The SMILES string of the molecule is COc1ccc(C(OCC(COc2c(/N=N/c3cc(OC)c(/N=N/c4ccc([N+](=O)[O-])cc4)cc3OC)cc3c4c2CCCN4CCC3)OP(OCCC#N)N(C(C)C)C(C)C)(c2ccccc2)c2ccc(OC)cc2)cc1. The Balaban J connectivity index is 1.21. The Labute approximate surface area is 457 Å². The molecule has 0 N–H and O–H groups in total. The van der Waals surface area contributed by atoms with Crippen molar-refractivity contribution in [1.29, 1.82) is 5.26 Å². The molecule has 0 amide bonds. The van der Waals surface area contributed by atoms with Crippen molar-refractivity contribution in [2.24, 2.45) is 20.5 Å². The predicted octanol–water partition coefficient (Wildman–Crippen LogP) is 14.2. The molecule has 6 aromatic rings. The number of methoxy groups -OCH3 is 4. The Morgan fingerprint density at radius 3 is 1.82 bits per heavy atom. The number of azo groups is 2. The zero-order chi connectivity index (χ0) is 55.2. The van der Waals surface area contributed by atoms with Gasteiger partial charge < -0.3 is 42.4 Å². The van der Waals surface area contributed by atoms with Gasteiger partial charge in [-0.3, -0.25) is 10.1 Å². The monoisotopic (exact) mass is 1080 g/mol. The van der Waals surface area contributed by atoms with Gasteiger partial charge in [0.2, 0.25) is 0 Å². The number of nitriles is 1. The molecule has 18 nitrogen and oxygen atoms in total. The van der Waals surface area contributed by atoms with Gasteiger partial charge in [-0.25, -0.2) is 4.67 Å². The third-order valence-electron chi connectivity index (χ3n) is 13.5. The molecule has 0 saturated carbocycles. The van der Waals surface area contributed by atoms with Crippen LogP contribution < -0.4 is 28.6 Å². The molecule has 0 radical (unpaired) electrons. The van der Waals surface area contributed by atoms with Gasteiger partial charge in [0.1, 0.15) is 58.4 Å². The summed E-state index contributed by atoms with van der Waals surface area (Å²) in [6.07, 6.45) is 2.98. The largest absolute Gasteiger partial charge is 0.497 e. The molecule has 2 atom stereocenters. The summed E-state index contributed by atoms with van der Waals surface area (Å²) < 4.78 is 53.5. The van der Waals surface area contributed by atoms with Crippen LogP contribution in [0.4, 0.5) is 34.1 Å². The van der Waals surface area contributed by atoms with E-state index in [1.807, 2.05) is 66.7 Å². The summed E-state index contributed by atoms with van der Waals surface area (Å²) in [6, 6.07) is 39.3. The molecule has 408 valence electrons. The van der Waals surface area contributed by atoms with Crippen LogP contribution in [0.25, 0.3) is 0 Å². The number of ether oxygens (including phenoxy) is 6. The van der Waals surface area contributed by atoms with Gasteiger partial charge in [0.15, 0.2) is 5.75 Å². The molecule has 0 aliphatic carbocycles. The summed E-state index contributed by atoms with van der Waals surface area (Å²) in [5.74, 6) is 2.69. The van der Waals surface area contributed by atoms with E-state index >= 15 is 0 Å². The second kappa shape index (κ2) is 26.7. The topological polar surface area (TPSA) is 197 Å². The standard InChI is InChI=1S/C59H67N8O10P/c1-40(2)66(41(3)4)78(76-34-14-31-60)77-50(39-75-59(43-16-10-9-11-17-43,44-19-27-48(70-5)28-20-44)45-21-29-49(71-6)30-22-45)38-74-58-51-18-13-33-65-32-12-15-42(57(51)65)35-54(58)64-63-53-37-55(72-7)52(36-56(53)73-8)62-61-46-23-25-47(26-24-46)67(68)69/h9-11,16-17,19-30,35-37,40-41,50H,12-15,18,32-34,38-39H2,1-8H3/b62-61+,64-63+. The van der Waals surface area contributed by atoms with E-state index in [0.29, 0.717) is 51.5 Å². The lowest BCUT2D eigenvalue weighted by Gasteiger charge is -2.40. The number of anilines is 1. The van der Waals surface area contributed by atoms with Crippen LogP contribution in [-0.4, -0.2) is 89.1 Å². The second-order valence-electron chi connectivity index (χ2n) is 19.2. The zero-order valence-electron chi connectivity index (χ0n) is 45.5. The minimum absolute atomic E-state index is 0.0144. The van der Waals surface area contributed by atoms with Gasteiger partial charge in [-0.15, -0.1) is 15.3 Å². The molecular weight excluding hydrogens is 1010 g/mol. The number of non-ortho nitro benzene ring substituents is 1. The number of hydrogen-bond donors (Lipinski definition) is 0. The van der Waals surface area contributed by atoms with Crippen LogP contribution in [0.15, 0.2) is 142 Å². The van der Waals surface area contributed by atoms with Crippen LogP contribution in [0.1, 0.15) is 74.8 Å². The number of hydrogen-bond acceptors (Lipinski definition) is 17. The van der Waals surface area contributed by atoms with Gasteiger partial charge in [0.05, 0.1) is 64.8 Å². The summed E-state index contributed by atoms with van der Waals surface area (Å²) in [4.78, 5) is 13.2. The van der Waals surface area contributed by atoms with E-state index in [1.165, 1.54) is 49.7 Å². The van der Waals surface area contributed by atoms with E-state index in [4.69, 9.17) is 47.7 Å². The van der Waals surface area contributed by atoms with E-state index in [9.17, 15) is 15.4 Å². The first kappa shape index (κ1) is 56.7. The Bertz CT molecular complexity index is 3010. The summed E-state index contributed by atoms with van der Waals surface area (Å²) in [5.41, 5.74) is 6.42. The van der Waals surface area contributed by atoms with Gasteiger partial charge in [-0.05, 0) is 118 Å². The van der Waals surface area contributed by atoms with Crippen LogP contribution in [0.3, 0.4) is 0 Å². The number of rotatable bonds is 26. The molecule has 0 fully saturated rings. The number of aryl methyl sites for hydroxylation is 1. The average Bonchev–Trinajstić information content (AvgIpc) is 3.48. The normalized spacial score (nSPS) is 14.2. The van der Waals surface area contributed by atoms with Crippen molar-refractivity contribution < 1.29 is 42.4 Å². The van der Waals surface area contributed by atoms with Crippen LogP contribution in [0.5, 0.6) is 28.7 Å².